The van der Waals surface area contributed by atoms with Gasteiger partial charge in [-0.25, -0.2) is 0 Å². The molecule has 0 aliphatic carbocycles. The molecular formula is C13H17BN2O3. The quantitative estimate of drug-likeness (QED) is 0.819. The monoisotopic (exact) mass is 260 g/mol. The van der Waals surface area contributed by atoms with E-state index >= 15 is 0 Å². The lowest BCUT2D eigenvalue weighted by Crippen LogP contribution is -2.35. The largest absolute Gasteiger partial charge is 0.564 e. The SMILES string of the molecule is C=C1OB(c2ccc(C(=O)NCC)nc2)OC1(C)C. The smallest absolute Gasteiger partial charge is 0.534 e. The Bertz CT molecular complexity index is 499. The second-order valence-corrected chi connectivity index (χ2v) is 4.84. The highest BCUT2D eigenvalue weighted by molar-refractivity contribution is 6.62. The van der Waals surface area contributed by atoms with Crippen molar-refractivity contribution in [3.05, 3.63) is 36.4 Å². The van der Waals surface area contributed by atoms with Crippen LogP contribution < -0.4 is 10.8 Å². The van der Waals surface area contributed by atoms with E-state index in [0.29, 0.717) is 18.0 Å². The van der Waals surface area contributed by atoms with Gasteiger partial charge in [0.05, 0.1) is 5.76 Å². The molecule has 1 fully saturated rings. The molecule has 19 heavy (non-hydrogen) atoms. The fourth-order valence-corrected chi connectivity index (χ4v) is 1.69. The first-order valence-corrected chi connectivity index (χ1v) is 6.22. The van der Waals surface area contributed by atoms with Crippen LogP contribution in [-0.2, 0) is 9.31 Å². The molecule has 0 spiro atoms. The first-order valence-electron chi connectivity index (χ1n) is 6.22. The van der Waals surface area contributed by atoms with E-state index in [2.05, 4.69) is 16.9 Å². The number of carbonyl (C=O) groups is 1. The van der Waals surface area contributed by atoms with Gasteiger partial charge in [0.2, 0.25) is 0 Å². The highest BCUT2D eigenvalue weighted by Gasteiger charge is 2.42. The zero-order chi connectivity index (χ0) is 14.0. The minimum absolute atomic E-state index is 0.188. The molecule has 0 unspecified atom stereocenters. The average Bonchev–Trinajstić information content (AvgIpc) is 2.64. The van der Waals surface area contributed by atoms with Crippen molar-refractivity contribution in [3.63, 3.8) is 0 Å². The third kappa shape index (κ3) is 2.79. The fourth-order valence-electron chi connectivity index (χ4n) is 1.69. The van der Waals surface area contributed by atoms with Crippen molar-refractivity contribution in [1.82, 2.24) is 10.3 Å². The van der Waals surface area contributed by atoms with E-state index < -0.39 is 12.7 Å². The Morgan fingerprint density at radius 3 is 2.74 bits per heavy atom. The van der Waals surface area contributed by atoms with Crippen molar-refractivity contribution in [2.75, 3.05) is 6.54 Å². The summed E-state index contributed by atoms with van der Waals surface area (Å²) in [6, 6.07) is 3.43. The molecule has 0 atom stereocenters. The predicted octanol–water partition coefficient (Wildman–Crippen LogP) is 0.866. The Morgan fingerprint density at radius 1 is 1.53 bits per heavy atom. The van der Waals surface area contributed by atoms with Gasteiger partial charge in [-0.05, 0) is 26.8 Å². The van der Waals surface area contributed by atoms with Crippen molar-refractivity contribution < 1.29 is 14.1 Å². The lowest BCUT2D eigenvalue weighted by atomic mass is 9.80. The van der Waals surface area contributed by atoms with Gasteiger partial charge in [0.25, 0.3) is 5.91 Å². The minimum atomic E-state index is -0.515. The number of amides is 1. The topological polar surface area (TPSA) is 60.5 Å². The standard InChI is InChI=1S/C13H17BN2O3/c1-5-15-12(17)11-7-6-10(8-16-11)14-18-9(2)13(3,4)19-14/h6-8H,2,5H2,1,3-4H3,(H,15,17). The molecule has 2 rings (SSSR count). The number of carbonyl (C=O) groups excluding carboxylic acids is 1. The normalized spacial score (nSPS) is 17.2. The molecule has 100 valence electrons. The second kappa shape index (κ2) is 5.05. The van der Waals surface area contributed by atoms with Gasteiger partial charge >= 0.3 is 7.12 Å². The molecule has 2 heterocycles. The predicted molar refractivity (Wildman–Crippen MR) is 73.0 cm³/mol. The molecule has 5 nitrogen and oxygen atoms in total. The molecular weight excluding hydrogens is 243 g/mol. The summed E-state index contributed by atoms with van der Waals surface area (Å²) in [4.78, 5) is 15.7. The number of nitrogens with zero attached hydrogens (tertiary/aromatic N) is 1. The molecule has 1 aromatic heterocycles. The summed E-state index contributed by atoms with van der Waals surface area (Å²) < 4.78 is 11.3. The third-order valence-corrected chi connectivity index (χ3v) is 2.95. The van der Waals surface area contributed by atoms with E-state index in [1.165, 1.54) is 0 Å². The van der Waals surface area contributed by atoms with Crippen molar-refractivity contribution >= 4 is 18.5 Å². The van der Waals surface area contributed by atoms with Crippen molar-refractivity contribution in [3.8, 4) is 0 Å². The van der Waals surface area contributed by atoms with E-state index in [-0.39, 0.29) is 5.91 Å². The summed E-state index contributed by atoms with van der Waals surface area (Å²) in [5, 5.41) is 2.69. The molecule has 1 aliphatic heterocycles. The van der Waals surface area contributed by atoms with Gasteiger partial charge < -0.3 is 14.6 Å². The number of rotatable bonds is 3. The molecule has 1 saturated heterocycles. The fraction of sp³-hybridized carbons (Fsp3) is 0.385. The molecule has 1 aromatic rings. The summed E-state index contributed by atoms with van der Waals surface area (Å²) in [6.45, 7) is 10.0. The minimum Gasteiger partial charge on any atom is -0.534 e. The van der Waals surface area contributed by atoms with Gasteiger partial charge in [-0.2, -0.15) is 0 Å². The van der Waals surface area contributed by atoms with Gasteiger partial charge in [0.1, 0.15) is 11.3 Å². The Labute approximate surface area is 113 Å². The van der Waals surface area contributed by atoms with Crippen molar-refractivity contribution in [1.29, 1.82) is 0 Å². The molecule has 1 amide bonds. The van der Waals surface area contributed by atoms with Crippen LogP contribution in [-0.4, -0.2) is 30.2 Å². The number of aromatic nitrogens is 1. The maximum Gasteiger partial charge on any atom is 0.564 e. The second-order valence-electron chi connectivity index (χ2n) is 4.84. The van der Waals surface area contributed by atoms with Gasteiger partial charge in [-0.3, -0.25) is 9.78 Å². The third-order valence-electron chi connectivity index (χ3n) is 2.95. The first-order chi connectivity index (χ1) is 8.94. The molecule has 0 radical (unpaired) electrons. The molecule has 6 heteroatoms. The van der Waals surface area contributed by atoms with E-state index in [9.17, 15) is 4.79 Å². The lowest BCUT2D eigenvalue weighted by Gasteiger charge is -2.15. The van der Waals surface area contributed by atoms with E-state index in [1.54, 1.807) is 18.3 Å². The van der Waals surface area contributed by atoms with Crippen LogP contribution in [0, 0.1) is 0 Å². The number of hydrogen-bond acceptors (Lipinski definition) is 4. The van der Waals surface area contributed by atoms with Crippen LogP contribution in [0.25, 0.3) is 0 Å². The van der Waals surface area contributed by atoms with E-state index in [0.717, 1.165) is 5.46 Å². The molecule has 0 bridgehead atoms. The Balaban J connectivity index is 2.12. The molecule has 1 N–H and O–H groups in total. The van der Waals surface area contributed by atoms with Crippen LogP contribution in [0.4, 0.5) is 0 Å². The number of nitrogens with one attached hydrogen (secondary N) is 1. The zero-order valence-electron chi connectivity index (χ0n) is 11.4. The van der Waals surface area contributed by atoms with Crippen LogP contribution in [0.3, 0.4) is 0 Å². The Morgan fingerprint density at radius 2 is 2.26 bits per heavy atom. The highest BCUT2D eigenvalue weighted by Crippen LogP contribution is 2.28. The lowest BCUT2D eigenvalue weighted by molar-refractivity contribution is 0.0951. The Hall–Kier alpha value is -1.82. The van der Waals surface area contributed by atoms with Gasteiger partial charge in [-0.1, -0.05) is 12.6 Å². The maximum absolute atomic E-state index is 11.6. The van der Waals surface area contributed by atoms with Crippen LogP contribution in [0.5, 0.6) is 0 Å². The maximum atomic E-state index is 11.6. The van der Waals surface area contributed by atoms with Crippen LogP contribution in [0.15, 0.2) is 30.7 Å². The van der Waals surface area contributed by atoms with E-state index in [1.807, 2.05) is 20.8 Å². The zero-order valence-corrected chi connectivity index (χ0v) is 11.4. The number of pyridine rings is 1. The molecule has 0 saturated carbocycles. The van der Waals surface area contributed by atoms with Crippen molar-refractivity contribution in [2.45, 2.75) is 26.4 Å². The molecule has 0 aromatic carbocycles. The average molecular weight is 260 g/mol. The summed E-state index contributed by atoms with van der Waals surface area (Å²) in [6.07, 6.45) is 1.59. The summed E-state index contributed by atoms with van der Waals surface area (Å²) in [7, 11) is -0.515. The van der Waals surface area contributed by atoms with E-state index in [4.69, 9.17) is 9.31 Å². The first kappa shape index (κ1) is 13.6. The van der Waals surface area contributed by atoms with Gasteiger partial charge in [0.15, 0.2) is 0 Å². The Kier molecular flexibility index (Phi) is 3.62. The number of hydrogen-bond donors (Lipinski definition) is 1. The van der Waals surface area contributed by atoms with Crippen LogP contribution in [0.2, 0.25) is 0 Å². The highest BCUT2D eigenvalue weighted by atomic mass is 16.7. The summed E-state index contributed by atoms with van der Waals surface area (Å²) in [5.41, 5.74) is 0.629. The van der Waals surface area contributed by atoms with Crippen LogP contribution >= 0.6 is 0 Å². The summed E-state index contributed by atoms with van der Waals surface area (Å²) >= 11 is 0. The van der Waals surface area contributed by atoms with Gasteiger partial charge in [-0.15, -0.1) is 0 Å². The van der Waals surface area contributed by atoms with Crippen molar-refractivity contribution in [2.24, 2.45) is 0 Å². The summed E-state index contributed by atoms with van der Waals surface area (Å²) in [5.74, 6) is 0.400. The molecule has 1 aliphatic rings. The van der Waals surface area contributed by atoms with Crippen LogP contribution in [0.1, 0.15) is 31.3 Å². The van der Waals surface area contributed by atoms with Gasteiger partial charge in [0, 0.05) is 18.2 Å².